The maximum absolute atomic E-state index is 11.3. The molecule has 3 rings (SSSR count). The number of ether oxygens (including phenoxy) is 2. The molecule has 2 heterocycles. The SMILES string of the molecule is CCOc1cnc(N2CC[C@H](Oc3ccc([C@H](C)CC(C)=O)cc3)C2)nc1. The predicted molar refractivity (Wildman–Crippen MR) is 105 cm³/mol. The summed E-state index contributed by atoms with van der Waals surface area (Å²) >= 11 is 0. The largest absolute Gasteiger partial charge is 0.491 e. The second kappa shape index (κ2) is 8.84. The number of hydrogen-bond donors (Lipinski definition) is 0. The van der Waals surface area contributed by atoms with Gasteiger partial charge in [-0.3, -0.25) is 0 Å². The first-order valence-corrected chi connectivity index (χ1v) is 9.51. The molecule has 0 saturated carbocycles. The van der Waals surface area contributed by atoms with Gasteiger partial charge in [0.1, 0.15) is 17.6 Å². The van der Waals surface area contributed by atoms with Crippen LogP contribution in [-0.2, 0) is 4.79 Å². The highest BCUT2D eigenvalue weighted by atomic mass is 16.5. The molecule has 0 spiro atoms. The average molecular weight is 369 g/mol. The first-order valence-electron chi connectivity index (χ1n) is 9.51. The minimum atomic E-state index is 0.112. The molecule has 0 aliphatic carbocycles. The van der Waals surface area contributed by atoms with Gasteiger partial charge in [-0.2, -0.15) is 0 Å². The molecular formula is C21H27N3O3. The van der Waals surface area contributed by atoms with E-state index in [0.29, 0.717) is 24.7 Å². The van der Waals surface area contributed by atoms with E-state index < -0.39 is 0 Å². The number of carbonyl (C=O) groups excluding carboxylic acids is 1. The smallest absolute Gasteiger partial charge is 0.225 e. The van der Waals surface area contributed by atoms with Crippen LogP contribution in [-0.4, -0.2) is 41.6 Å². The monoisotopic (exact) mass is 369 g/mol. The number of Topliss-reactive ketones (excluding diaryl/α,β-unsaturated/α-hetero) is 1. The van der Waals surface area contributed by atoms with Gasteiger partial charge in [-0.25, -0.2) is 9.97 Å². The van der Waals surface area contributed by atoms with Crippen molar-refractivity contribution in [2.24, 2.45) is 0 Å². The lowest BCUT2D eigenvalue weighted by Gasteiger charge is -2.17. The fourth-order valence-electron chi connectivity index (χ4n) is 3.34. The van der Waals surface area contributed by atoms with Gasteiger partial charge in [0.2, 0.25) is 5.95 Å². The van der Waals surface area contributed by atoms with E-state index in [1.807, 2.05) is 31.2 Å². The average Bonchev–Trinajstić information content (AvgIpc) is 3.11. The molecule has 6 heteroatoms. The Hall–Kier alpha value is -2.63. The maximum Gasteiger partial charge on any atom is 0.225 e. The molecule has 0 amide bonds. The van der Waals surface area contributed by atoms with Gasteiger partial charge < -0.3 is 19.2 Å². The van der Waals surface area contributed by atoms with Crippen LogP contribution in [0.15, 0.2) is 36.7 Å². The number of nitrogens with zero attached hydrogens (tertiary/aromatic N) is 3. The molecule has 0 bridgehead atoms. The van der Waals surface area contributed by atoms with Crippen LogP contribution in [0.4, 0.5) is 5.95 Å². The fraction of sp³-hybridized carbons (Fsp3) is 0.476. The summed E-state index contributed by atoms with van der Waals surface area (Å²) in [6.45, 7) is 7.88. The molecule has 1 aliphatic heterocycles. The highest BCUT2D eigenvalue weighted by Gasteiger charge is 2.26. The Labute approximate surface area is 160 Å². The Morgan fingerprint density at radius 2 is 1.93 bits per heavy atom. The van der Waals surface area contributed by atoms with E-state index in [1.165, 1.54) is 0 Å². The first-order chi connectivity index (χ1) is 13.0. The summed E-state index contributed by atoms with van der Waals surface area (Å²) in [5.74, 6) is 2.69. The number of rotatable bonds is 8. The zero-order valence-electron chi connectivity index (χ0n) is 16.2. The summed E-state index contributed by atoms with van der Waals surface area (Å²) in [6.07, 6.45) is 5.03. The summed E-state index contributed by atoms with van der Waals surface area (Å²) in [7, 11) is 0. The van der Waals surface area contributed by atoms with E-state index >= 15 is 0 Å². The minimum absolute atomic E-state index is 0.112. The van der Waals surface area contributed by atoms with Gasteiger partial charge in [0.15, 0.2) is 5.75 Å². The number of benzene rings is 1. The van der Waals surface area contributed by atoms with Gasteiger partial charge >= 0.3 is 0 Å². The molecule has 1 aliphatic rings. The normalized spacial score (nSPS) is 17.6. The molecule has 1 fully saturated rings. The lowest BCUT2D eigenvalue weighted by atomic mass is 9.96. The molecule has 144 valence electrons. The molecule has 2 atom stereocenters. The molecule has 0 N–H and O–H groups in total. The van der Waals surface area contributed by atoms with Crippen LogP contribution < -0.4 is 14.4 Å². The summed E-state index contributed by atoms with van der Waals surface area (Å²) in [5, 5.41) is 0. The van der Waals surface area contributed by atoms with Crippen molar-refractivity contribution in [1.29, 1.82) is 0 Å². The third-order valence-corrected chi connectivity index (χ3v) is 4.70. The van der Waals surface area contributed by atoms with Crippen LogP contribution in [0.1, 0.15) is 45.1 Å². The molecule has 27 heavy (non-hydrogen) atoms. The summed E-state index contributed by atoms with van der Waals surface area (Å²) in [4.78, 5) is 22.2. The van der Waals surface area contributed by atoms with Crippen molar-refractivity contribution in [3.63, 3.8) is 0 Å². The van der Waals surface area contributed by atoms with E-state index in [0.717, 1.165) is 30.8 Å². The van der Waals surface area contributed by atoms with Crippen molar-refractivity contribution in [3.8, 4) is 11.5 Å². The molecular weight excluding hydrogens is 342 g/mol. The zero-order valence-corrected chi connectivity index (χ0v) is 16.2. The van der Waals surface area contributed by atoms with Gasteiger partial charge in [-0.1, -0.05) is 19.1 Å². The summed E-state index contributed by atoms with van der Waals surface area (Å²) in [6, 6.07) is 8.07. The lowest BCUT2D eigenvalue weighted by Crippen LogP contribution is -2.26. The van der Waals surface area contributed by atoms with Crippen molar-refractivity contribution in [2.45, 2.75) is 45.6 Å². The Morgan fingerprint density at radius 3 is 2.56 bits per heavy atom. The van der Waals surface area contributed by atoms with Crippen molar-refractivity contribution >= 4 is 11.7 Å². The van der Waals surface area contributed by atoms with Crippen LogP contribution >= 0.6 is 0 Å². The van der Waals surface area contributed by atoms with Crippen molar-refractivity contribution in [1.82, 2.24) is 9.97 Å². The third-order valence-electron chi connectivity index (χ3n) is 4.70. The van der Waals surface area contributed by atoms with E-state index in [4.69, 9.17) is 9.47 Å². The standard InChI is InChI=1S/C21H27N3O3/c1-4-26-20-12-22-21(23-13-20)24-10-9-19(14-24)27-18-7-5-17(6-8-18)15(2)11-16(3)25/h5-8,12-13,15,19H,4,9-11,14H2,1-3H3/t15-,19+/m1/s1. The highest BCUT2D eigenvalue weighted by molar-refractivity contribution is 5.76. The van der Waals surface area contributed by atoms with E-state index in [1.54, 1.807) is 19.3 Å². The van der Waals surface area contributed by atoms with Crippen LogP contribution in [0.3, 0.4) is 0 Å². The molecule has 2 aromatic rings. The Bertz CT molecular complexity index is 746. The molecule has 1 aromatic heterocycles. The summed E-state index contributed by atoms with van der Waals surface area (Å²) in [5.41, 5.74) is 1.16. The van der Waals surface area contributed by atoms with Crippen LogP contribution in [0, 0.1) is 0 Å². The first kappa shape index (κ1) is 19.1. The topological polar surface area (TPSA) is 64.6 Å². The minimum Gasteiger partial charge on any atom is -0.491 e. The number of ketones is 1. The van der Waals surface area contributed by atoms with Crippen LogP contribution in [0.25, 0.3) is 0 Å². The van der Waals surface area contributed by atoms with Gasteiger partial charge in [-0.15, -0.1) is 0 Å². The van der Waals surface area contributed by atoms with Gasteiger partial charge in [0.25, 0.3) is 0 Å². The van der Waals surface area contributed by atoms with Gasteiger partial charge in [0, 0.05) is 19.4 Å². The summed E-state index contributed by atoms with van der Waals surface area (Å²) < 4.78 is 11.5. The molecule has 1 aromatic carbocycles. The van der Waals surface area contributed by atoms with Crippen molar-refractivity contribution < 1.29 is 14.3 Å². The van der Waals surface area contributed by atoms with E-state index in [9.17, 15) is 4.79 Å². The quantitative estimate of drug-likeness (QED) is 0.708. The van der Waals surface area contributed by atoms with Crippen LogP contribution in [0.5, 0.6) is 11.5 Å². The molecule has 6 nitrogen and oxygen atoms in total. The predicted octanol–water partition coefficient (Wildman–Crippen LogP) is 3.62. The highest BCUT2D eigenvalue weighted by Crippen LogP contribution is 2.25. The molecule has 0 radical (unpaired) electrons. The molecule has 0 unspecified atom stereocenters. The van der Waals surface area contributed by atoms with Crippen molar-refractivity contribution in [3.05, 3.63) is 42.2 Å². The number of carbonyl (C=O) groups is 1. The lowest BCUT2D eigenvalue weighted by molar-refractivity contribution is -0.117. The third kappa shape index (κ3) is 5.18. The van der Waals surface area contributed by atoms with Gasteiger partial charge in [0.05, 0.1) is 25.5 Å². The fourth-order valence-corrected chi connectivity index (χ4v) is 3.34. The van der Waals surface area contributed by atoms with Crippen LogP contribution in [0.2, 0.25) is 0 Å². The number of hydrogen-bond acceptors (Lipinski definition) is 6. The molecule has 1 saturated heterocycles. The van der Waals surface area contributed by atoms with Crippen molar-refractivity contribution in [2.75, 3.05) is 24.6 Å². The van der Waals surface area contributed by atoms with E-state index in [-0.39, 0.29) is 17.8 Å². The second-order valence-electron chi connectivity index (χ2n) is 7.00. The van der Waals surface area contributed by atoms with E-state index in [2.05, 4.69) is 21.8 Å². The zero-order chi connectivity index (χ0) is 19.2. The maximum atomic E-state index is 11.3. The number of anilines is 1. The Morgan fingerprint density at radius 1 is 1.22 bits per heavy atom. The van der Waals surface area contributed by atoms with Gasteiger partial charge in [-0.05, 0) is 37.5 Å². The second-order valence-corrected chi connectivity index (χ2v) is 7.00. The number of aromatic nitrogens is 2. The Balaban J connectivity index is 1.54. The Kier molecular flexibility index (Phi) is 6.27.